The molecule has 0 saturated carbocycles. The van der Waals surface area contributed by atoms with E-state index < -0.39 is 0 Å². The second kappa shape index (κ2) is 7.27. The SMILES string of the molecule is O=C(Nc1ccccc1Br)C1CCN(c2ncncc2Cl)CC1. The van der Waals surface area contributed by atoms with Crippen LogP contribution in [0.3, 0.4) is 0 Å². The Labute approximate surface area is 148 Å². The maximum Gasteiger partial charge on any atom is 0.227 e. The maximum absolute atomic E-state index is 12.4. The standard InChI is InChI=1S/C16H16BrClN4O/c17-12-3-1-2-4-14(12)21-16(23)11-5-7-22(8-6-11)15-13(18)9-19-10-20-15/h1-4,9-11H,5-8H2,(H,21,23). The van der Waals surface area contributed by atoms with Crippen LogP contribution in [0.4, 0.5) is 11.5 Å². The molecule has 23 heavy (non-hydrogen) atoms. The van der Waals surface area contributed by atoms with Crippen LogP contribution in [0.2, 0.25) is 5.02 Å². The van der Waals surface area contributed by atoms with Crippen LogP contribution in [-0.2, 0) is 4.79 Å². The lowest BCUT2D eigenvalue weighted by Gasteiger charge is -2.32. The molecule has 1 saturated heterocycles. The Morgan fingerprint density at radius 2 is 2.04 bits per heavy atom. The molecule has 0 radical (unpaired) electrons. The second-order valence-electron chi connectivity index (χ2n) is 5.42. The number of aromatic nitrogens is 2. The van der Waals surface area contributed by atoms with E-state index in [9.17, 15) is 4.79 Å². The summed E-state index contributed by atoms with van der Waals surface area (Å²) in [4.78, 5) is 22.7. The van der Waals surface area contributed by atoms with Gasteiger partial charge in [0, 0.05) is 23.5 Å². The quantitative estimate of drug-likeness (QED) is 0.860. The molecule has 1 aromatic heterocycles. The van der Waals surface area contributed by atoms with Crippen molar-refractivity contribution in [2.24, 2.45) is 5.92 Å². The molecule has 120 valence electrons. The fourth-order valence-corrected chi connectivity index (χ4v) is 3.30. The predicted octanol–water partition coefficient (Wildman–Crippen LogP) is 3.75. The third-order valence-corrected chi connectivity index (χ3v) is 4.90. The van der Waals surface area contributed by atoms with Crippen LogP contribution in [0.25, 0.3) is 0 Å². The van der Waals surface area contributed by atoms with E-state index in [0.29, 0.717) is 5.02 Å². The number of hydrogen-bond donors (Lipinski definition) is 1. The monoisotopic (exact) mass is 394 g/mol. The third kappa shape index (κ3) is 3.82. The van der Waals surface area contributed by atoms with E-state index in [4.69, 9.17) is 11.6 Å². The number of amides is 1. The molecule has 0 spiro atoms. The molecule has 1 aromatic carbocycles. The first-order valence-corrected chi connectivity index (χ1v) is 8.58. The number of carbonyl (C=O) groups excluding carboxylic acids is 1. The van der Waals surface area contributed by atoms with Gasteiger partial charge in [0.25, 0.3) is 0 Å². The van der Waals surface area contributed by atoms with Gasteiger partial charge in [-0.25, -0.2) is 9.97 Å². The second-order valence-corrected chi connectivity index (χ2v) is 6.69. The average molecular weight is 396 g/mol. The van der Waals surface area contributed by atoms with Gasteiger partial charge < -0.3 is 10.2 Å². The summed E-state index contributed by atoms with van der Waals surface area (Å²) in [6.45, 7) is 1.51. The van der Waals surface area contributed by atoms with Gasteiger partial charge >= 0.3 is 0 Å². The summed E-state index contributed by atoms with van der Waals surface area (Å²) in [5, 5.41) is 3.53. The molecule has 0 atom stereocenters. The van der Waals surface area contributed by atoms with Crippen molar-refractivity contribution in [2.45, 2.75) is 12.8 Å². The van der Waals surface area contributed by atoms with Crippen LogP contribution in [0, 0.1) is 5.92 Å². The largest absolute Gasteiger partial charge is 0.355 e. The summed E-state index contributed by atoms with van der Waals surface area (Å²) in [7, 11) is 0. The fourth-order valence-electron chi connectivity index (χ4n) is 2.69. The summed E-state index contributed by atoms with van der Waals surface area (Å²) >= 11 is 9.58. The molecule has 1 aliphatic rings. The first kappa shape index (κ1) is 16.2. The lowest BCUT2D eigenvalue weighted by molar-refractivity contribution is -0.120. The van der Waals surface area contributed by atoms with Crippen LogP contribution in [0.1, 0.15) is 12.8 Å². The van der Waals surface area contributed by atoms with Gasteiger partial charge in [-0.05, 0) is 40.9 Å². The average Bonchev–Trinajstić information content (AvgIpc) is 2.57. The van der Waals surface area contributed by atoms with Crippen molar-refractivity contribution in [1.82, 2.24) is 9.97 Å². The van der Waals surface area contributed by atoms with Gasteiger partial charge in [-0.1, -0.05) is 23.7 Å². The number of piperidine rings is 1. The first-order valence-electron chi connectivity index (χ1n) is 7.41. The number of benzene rings is 1. The highest BCUT2D eigenvalue weighted by Crippen LogP contribution is 2.28. The van der Waals surface area contributed by atoms with Crippen LogP contribution in [0.5, 0.6) is 0 Å². The Morgan fingerprint density at radius 1 is 1.30 bits per heavy atom. The van der Waals surface area contributed by atoms with E-state index in [-0.39, 0.29) is 11.8 Å². The molecule has 2 aromatic rings. The highest BCUT2D eigenvalue weighted by Gasteiger charge is 2.26. The Morgan fingerprint density at radius 3 is 2.74 bits per heavy atom. The zero-order chi connectivity index (χ0) is 16.2. The highest BCUT2D eigenvalue weighted by atomic mass is 79.9. The Hall–Kier alpha value is -1.66. The molecule has 0 bridgehead atoms. The van der Waals surface area contributed by atoms with Crippen LogP contribution in [-0.4, -0.2) is 29.0 Å². The molecule has 2 heterocycles. The Balaban J connectivity index is 1.60. The van der Waals surface area contributed by atoms with Crippen molar-refractivity contribution in [2.75, 3.05) is 23.3 Å². The van der Waals surface area contributed by atoms with Crippen molar-refractivity contribution in [1.29, 1.82) is 0 Å². The predicted molar refractivity (Wildman–Crippen MR) is 94.8 cm³/mol. The number of para-hydroxylation sites is 1. The third-order valence-electron chi connectivity index (χ3n) is 3.95. The van der Waals surface area contributed by atoms with Crippen molar-refractivity contribution >= 4 is 44.9 Å². The molecular formula is C16H16BrClN4O. The summed E-state index contributed by atoms with van der Waals surface area (Å²) in [5.41, 5.74) is 0.804. The molecule has 0 unspecified atom stereocenters. The topological polar surface area (TPSA) is 58.1 Å². The molecule has 1 fully saturated rings. The molecule has 1 amide bonds. The smallest absolute Gasteiger partial charge is 0.227 e. The van der Waals surface area contributed by atoms with Crippen LogP contribution >= 0.6 is 27.5 Å². The van der Waals surface area contributed by atoms with Gasteiger partial charge in [0.2, 0.25) is 5.91 Å². The van der Waals surface area contributed by atoms with E-state index in [0.717, 1.165) is 41.9 Å². The van der Waals surface area contributed by atoms with Gasteiger partial charge in [0.15, 0.2) is 5.82 Å². The normalized spacial score (nSPS) is 15.5. The molecule has 3 rings (SSSR count). The number of nitrogens with one attached hydrogen (secondary N) is 1. The maximum atomic E-state index is 12.4. The van der Waals surface area contributed by atoms with Crippen molar-refractivity contribution < 1.29 is 4.79 Å². The van der Waals surface area contributed by atoms with Gasteiger partial charge in [-0.2, -0.15) is 0 Å². The minimum Gasteiger partial charge on any atom is -0.355 e. The molecule has 7 heteroatoms. The van der Waals surface area contributed by atoms with E-state index in [1.807, 2.05) is 24.3 Å². The number of anilines is 2. The number of rotatable bonds is 3. The summed E-state index contributed by atoms with van der Waals surface area (Å²) in [6.07, 6.45) is 4.63. The zero-order valence-corrected chi connectivity index (χ0v) is 14.7. The summed E-state index contributed by atoms with van der Waals surface area (Å²) < 4.78 is 0.888. The lowest BCUT2D eigenvalue weighted by atomic mass is 9.96. The zero-order valence-electron chi connectivity index (χ0n) is 12.4. The number of carbonyl (C=O) groups is 1. The van der Waals surface area contributed by atoms with Crippen LogP contribution < -0.4 is 10.2 Å². The van der Waals surface area contributed by atoms with Gasteiger partial charge in [-0.3, -0.25) is 4.79 Å². The van der Waals surface area contributed by atoms with Gasteiger partial charge in [0.05, 0.1) is 11.9 Å². The number of nitrogens with zero attached hydrogens (tertiary/aromatic N) is 3. The van der Waals surface area contributed by atoms with E-state index >= 15 is 0 Å². The summed E-state index contributed by atoms with van der Waals surface area (Å²) in [5.74, 6) is 0.802. The minimum atomic E-state index is -0.000955. The molecule has 0 aliphatic carbocycles. The molecular weight excluding hydrogens is 380 g/mol. The fraction of sp³-hybridized carbons (Fsp3) is 0.312. The van der Waals surface area contributed by atoms with E-state index in [1.165, 1.54) is 6.33 Å². The molecule has 1 aliphatic heterocycles. The summed E-state index contributed by atoms with van der Waals surface area (Å²) in [6, 6.07) is 7.62. The Bertz CT molecular complexity index is 704. The van der Waals surface area contributed by atoms with Gasteiger partial charge in [-0.15, -0.1) is 0 Å². The highest BCUT2D eigenvalue weighted by molar-refractivity contribution is 9.10. The van der Waals surface area contributed by atoms with Crippen molar-refractivity contribution in [3.05, 3.63) is 46.3 Å². The lowest BCUT2D eigenvalue weighted by Crippen LogP contribution is -2.38. The molecule has 5 nitrogen and oxygen atoms in total. The number of hydrogen-bond acceptors (Lipinski definition) is 4. The Kier molecular flexibility index (Phi) is 5.13. The van der Waals surface area contributed by atoms with Gasteiger partial charge in [0.1, 0.15) is 11.3 Å². The number of halogens is 2. The van der Waals surface area contributed by atoms with E-state index in [1.54, 1.807) is 6.20 Å². The van der Waals surface area contributed by atoms with E-state index in [2.05, 4.69) is 36.1 Å². The molecule has 1 N–H and O–H groups in total. The minimum absolute atomic E-state index is 0.000955. The van der Waals surface area contributed by atoms with Crippen molar-refractivity contribution in [3.63, 3.8) is 0 Å². The van der Waals surface area contributed by atoms with Crippen molar-refractivity contribution in [3.8, 4) is 0 Å². The van der Waals surface area contributed by atoms with Crippen LogP contribution in [0.15, 0.2) is 41.3 Å². The first-order chi connectivity index (χ1) is 11.1.